The molecule has 8 heteroatoms. The van der Waals surface area contributed by atoms with Crippen LogP contribution >= 0.6 is 34.2 Å². The van der Waals surface area contributed by atoms with E-state index in [-0.39, 0.29) is 14.3 Å². The van der Waals surface area contributed by atoms with Crippen LogP contribution in [0.4, 0.5) is 18.9 Å². The molecule has 0 unspecified atom stereocenters. The fraction of sp³-hybridized carbons (Fsp3) is 0.167. The summed E-state index contributed by atoms with van der Waals surface area (Å²) in [7, 11) is 0. The summed E-state index contributed by atoms with van der Waals surface area (Å²) < 4.78 is 39.2. The number of hydrogen-bond acceptors (Lipinski definition) is 3. The summed E-state index contributed by atoms with van der Waals surface area (Å²) in [5, 5.41) is -0.247. The quantitative estimate of drug-likeness (QED) is 0.801. The highest BCUT2D eigenvalue weighted by atomic mass is 127. The number of halogens is 5. The molecule has 1 heterocycles. The molecule has 78 valence electrons. The Morgan fingerprint density at radius 2 is 2.07 bits per heavy atom. The minimum absolute atomic E-state index is 0.199. The number of alkyl halides is 3. The molecule has 14 heavy (non-hydrogen) atoms. The van der Waals surface area contributed by atoms with Crippen molar-refractivity contribution in [3.05, 3.63) is 14.8 Å². The lowest BCUT2D eigenvalue weighted by atomic mass is 10.4. The number of rotatable bonds is 1. The monoisotopic (exact) mass is 338 g/mol. The van der Waals surface area contributed by atoms with Crippen LogP contribution in [0.2, 0.25) is 5.02 Å². The second-order valence-corrected chi connectivity index (χ2v) is 3.65. The molecule has 0 spiro atoms. The van der Waals surface area contributed by atoms with Crippen molar-refractivity contribution in [2.75, 3.05) is 5.73 Å². The van der Waals surface area contributed by atoms with E-state index in [2.05, 4.69) is 9.72 Å². The van der Waals surface area contributed by atoms with Crippen molar-refractivity contribution in [3.8, 4) is 5.88 Å². The highest BCUT2D eigenvalue weighted by Gasteiger charge is 2.33. The standard InChI is InChI=1S/C6H3ClF3IN2O/c7-3-4(11)2(12)1-13-5(3)14-6(8,9)10/h1H,12H2. The number of anilines is 1. The third-order valence-electron chi connectivity index (χ3n) is 1.17. The van der Waals surface area contributed by atoms with E-state index >= 15 is 0 Å². The van der Waals surface area contributed by atoms with Crippen LogP contribution in [0.1, 0.15) is 0 Å². The van der Waals surface area contributed by atoms with Crippen LogP contribution in [0, 0.1) is 3.57 Å². The Bertz CT molecular complexity index is 358. The van der Waals surface area contributed by atoms with E-state index in [0.29, 0.717) is 0 Å². The average molecular weight is 338 g/mol. The number of ether oxygens (including phenoxy) is 1. The molecule has 1 aromatic rings. The smallest absolute Gasteiger partial charge is 0.397 e. The molecule has 1 rings (SSSR count). The predicted octanol–water partition coefficient (Wildman–Crippen LogP) is 2.82. The Kier molecular flexibility index (Phi) is 3.30. The van der Waals surface area contributed by atoms with Gasteiger partial charge in [0.1, 0.15) is 5.02 Å². The molecule has 0 saturated carbocycles. The molecule has 1 aromatic heterocycles. The molecule has 0 bridgehead atoms. The van der Waals surface area contributed by atoms with Gasteiger partial charge in [-0.15, -0.1) is 13.2 Å². The Morgan fingerprint density at radius 1 is 1.50 bits per heavy atom. The predicted molar refractivity (Wildman–Crippen MR) is 53.1 cm³/mol. The minimum atomic E-state index is -4.81. The second kappa shape index (κ2) is 3.97. The van der Waals surface area contributed by atoms with Crippen molar-refractivity contribution < 1.29 is 17.9 Å². The lowest BCUT2D eigenvalue weighted by Crippen LogP contribution is -2.18. The van der Waals surface area contributed by atoms with Gasteiger partial charge in [-0.3, -0.25) is 0 Å². The number of pyridine rings is 1. The number of nitrogens with two attached hydrogens (primary N) is 1. The topological polar surface area (TPSA) is 48.1 Å². The first-order chi connectivity index (χ1) is 6.31. The zero-order chi connectivity index (χ0) is 10.9. The maximum atomic E-state index is 11.8. The van der Waals surface area contributed by atoms with Crippen LogP contribution < -0.4 is 10.5 Å². The molecular formula is C6H3ClF3IN2O. The Morgan fingerprint density at radius 3 is 2.57 bits per heavy atom. The summed E-state index contributed by atoms with van der Waals surface area (Å²) in [6.07, 6.45) is -3.76. The number of nitrogen functional groups attached to an aromatic ring is 1. The van der Waals surface area contributed by atoms with Crippen LogP contribution in [0.15, 0.2) is 6.20 Å². The molecule has 0 amide bonds. The lowest BCUT2D eigenvalue weighted by Gasteiger charge is -2.10. The summed E-state index contributed by atoms with van der Waals surface area (Å²) in [6, 6.07) is 0. The summed E-state index contributed by atoms with van der Waals surface area (Å²) in [6.45, 7) is 0. The van der Waals surface area contributed by atoms with E-state index in [1.165, 1.54) is 0 Å². The Labute approximate surface area is 95.5 Å². The summed E-state index contributed by atoms with van der Waals surface area (Å²) in [4.78, 5) is 3.32. The second-order valence-electron chi connectivity index (χ2n) is 2.19. The zero-order valence-electron chi connectivity index (χ0n) is 6.40. The largest absolute Gasteiger partial charge is 0.574 e. The molecule has 0 saturated heterocycles. The molecule has 0 aliphatic heterocycles. The molecule has 0 aromatic carbocycles. The molecule has 2 N–H and O–H groups in total. The maximum Gasteiger partial charge on any atom is 0.574 e. The van der Waals surface area contributed by atoms with Gasteiger partial charge in [-0.05, 0) is 22.6 Å². The van der Waals surface area contributed by atoms with Crippen molar-refractivity contribution >= 4 is 39.9 Å². The van der Waals surface area contributed by atoms with Gasteiger partial charge in [0, 0.05) is 0 Å². The van der Waals surface area contributed by atoms with Crippen molar-refractivity contribution in [1.82, 2.24) is 4.98 Å². The maximum absolute atomic E-state index is 11.8. The third-order valence-corrected chi connectivity index (χ3v) is 3.00. The highest BCUT2D eigenvalue weighted by Crippen LogP contribution is 2.33. The van der Waals surface area contributed by atoms with Gasteiger partial charge in [0.25, 0.3) is 0 Å². The van der Waals surface area contributed by atoms with E-state index in [0.717, 1.165) is 6.20 Å². The molecule has 0 aliphatic carbocycles. The summed E-state index contributed by atoms with van der Waals surface area (Å²) in [5.74, 6) is -0.697. The molecule has 0 aliphatic rings. The highest BCUT2D eigenvalue weighted by molar-refractivity contribution is 14.1. The minimum Gasteiger partial charge on any atom is -0.397 e. The number of aromatic nitrogens is 1. The van der Waals surface area contributed by atoms with Crippen LogP contribution in [0.25, 0.3) is 0 Å². The summed E-state index contributed by atoms with van der Waals surface area (Å²) >= 11 is 7.23. The molecule has 0 atom stereocenters. The SMILES string of the molecule is Nc1cnc(OC(F)(F)F)c(Cl)c1I. The first kappa shape index (κ1) is 11.6. The molecular weight excluding hydrogens is 335 g/mol. The average Bonchev–Trinajstić information content (AvgIpc) is 2.04. The lowest BCUT2D eigenvalue weighted by molar-refractivity contribution is -0.276. The van der Waals surface area contributed by atoms with Crippen molar-refractivity contribution in [2.45, 2.75) is 6.36 Å². The zero-order valence-corrected chi connectivity index (χ0v) is 9.31. The van der Waals surface area contributed by atoms with Crippen molar-refractivity contribution in [2.24, 2.45) is 0 Å². The first-order valence-electron chi connectivity index (χ1n) is 3.16. The van der Waals surface area contributed by atoms with Crippen molar-refractivity contribution in [1.29, 1.82) is 0 Å². The van der Waals surface area contributed by atoms with Crippen LogP contribution in [-0.4, -0.2) is 11.3 Å². The van der Waals surface area contributed by atoms with Crippen LogP contribution in [-0.2, 0) is 0 Å². The van der Waals surface area contributed by atoms with Crippen molar-refractivity contribution in [3.63, 3.8) is 0 Å². The van der Waals surface area contributed by atoms with E-state index in [4.69, 9.17) is 17.3 Å². The summed E-state index contributed by atoms with van der Waals surface area (Å²) in [5.41, 5.74) is 5.56. The van der Waals surface area contributed by atoms with Crippen LogP contribution in [0.3, 0.4) is 0 Å². The van der Waals surface area contributed by atoms with Gasteiger partial charge < -0.3 is 10.5 Å². The Balaban J connectivity index is 3.06. The molecule has 0 radical (unpaired) electrons. The van der Waals surface area contributed by atoms with Gasteiger partial charge in [-0.25, -0.2) is 4.98 Å². The molecule has 3 nitrogen and oxygen atoms in total. The van der Waals surface area contributed by atoms with Gasteiger partial charge in [-0.2, -0.15) is 0 Å². The van der Waals surface area contributed by atoms with Gasteiger partial charge in [-0.1, -0.05) is 11.6 Å². The van der Waals surface area contributed by atoms with Gasteiger partial charge >= 0.3 is 6.36 Å². The van der Waals surface area contributed by atoms with Gasteiger partial charge in [0.15, 0.2) is 0 Å². The van der Waals surface area contributed by atoms with E-state index in [1.807, 2.05) is 0 Å². The van der Waals surface area contributed by atoms with Crippen LogP contribution in [0.5, 0.6) is 5.88 Å². The normalized spacial score (nSPS) is 11.5. The van der Waals surface area contributed by atoms with Gasteiger partial charge in [0.2, 0.25) is 5.88 Å². The fourth-order valence-electron chi connectivity index (χ4n) is 0.643. The van der Waals surface area contributed by atoms with Gasteiger partial charge in [0.05, 0.1) is 15.5 Å². The molecule has 0 fully saturated rings. The first-order valence-corrected chi connectivity index (χ1v) is 4.62. The van der Waals surface area contributed by atoms with E-state index in [9.17, 15) is 13.2 Å². The third kappa shape index (κ3) is 2.77. The number of hydrogen-bond donors (Lipinski definition) is 1. The Hall–Kier alpha value is -0.440. The van der Waals surface area contributed by atoms with E-state index < -0.39 is 12.2 Å². The number of nitrogens with zero attached hydrogens (tertiary/aromatic N) is 1. The fourth-order valence-corrected chi connectivity index (χ4v) is 1.21. The van der Waals surface area contributed by atoms with E-state index in [1.54, 1.807) is 22.6 Å².